The van der Waals surface area contributed by atoms with Crippen LogP contribution in [0.5, 0.6) is 5.75 Å². The molecule has 2 aliphatic rings. The number of anilines is 1. The number of benzene rings is 2. The average Bonchev–Trinajstić information content (AvgIpc) is 2.84. The minimum Gasteiger partial charge on any atom is -0.482 e. The Labute approximate surface area is 206 Å². The fraction of sp³-hybridized carbons (Fsp3) is 0.192. The summed E-state index contributed by atoms with van der Waals surface area (Å²) in [5.74, 6) is -0.660. The molecular weight excluding hydrogens is 462 g/mol. The SMILES string of the molecule is C=C(NC(=O)C(=C)n1cnc2c(-c3ccc4c(c3)N(C)C(=O)CO4)cccc2c1=O)C(=O)N1CCC1. The monoisotopic (exact) mass is 485 g/mol. The second-order valence-electron chi connectivity index (χ2n) is 8.57. The van der Waals surface area contributed by atoms with Gasteiger partial charge in [-0.2, -0.15) is 0 Å². The fourth-order valence-electron chi connectivity index (χ4n) is 4.10. The summed E-state index contributed by atoms with van der Waals surface area (Å²) in [7, 11) is 1.68. The molecule has 0 bridgehead atoms. The van der Waals surface area contributed by atoms with E-state index in [1.165, 1.54) is 11.2 Å². The summed E-state index contributed by atoms with van der Waals surface area (Å²) >= 11 is 0. The molecule has 3 amide bonds. The molecule has 1 saturated heterocycles. The largest absolute Gasteiger partial charge is 0.482 e. The van der Waals surface area contributed by atoms with Crippen molar-refractivity contribution in [2.75, 3.05) is 31.6 Å². The number of hydrogen-bond acceptors (Lipinski definition) is 6. The maximum atomic E-state index is 13.3. The first-order valence-electron chi connectivity index (χ1n) is 11.3. The number of likely N-dealkylation sites (N-methyl/N-ethyl adjacent to an activating group) is 1. The normalized spacial score (nSPS) is 14.5. The van der Waals surface area contributed by atoms with Crippen molar-refractivity contribution in [3.05, 3.63) is 71.9 Å². The molecule has 1 aromatic heterocycles. The van der Waals surface area contributed by atoms with Crippen LogP contribution in [0.3, 0.4) is 0 Å². The highest BCUT2D eigenvalue weighted by molar-refractivity contribution is 6.15. The Morgan fingerprint density at radius 3 is 2.61 bits per heavy atom. The van der Waals surface area contributed by atoms with Crippen LogP contribution in [0.4, 0.5) is 5.69 Å². The summed E-state index contributed by atoms with van der Waals surface area (Å²) in [6, 6.07) is 10.6. The first kappa shape index (κ1) is 23.0. The molecule has 1 fully saturated rings. The lowest BCUT2D eigenvalue weighted by atomic mass is 10.0. The number of fused-ring (bicyclic) bond motifs is 2. The minimum absolute atomic E-state index is 0.0184. The number of aromatic nitrogens is 2. The van der Waals surface area contributed by atoms with Gasteiger partial charge in [-0.15, -0.1) is 0 Å². The number of amides is 3. The molecule has 5 rings (SSSR count). The number of para-hydroxylation sites is 1. The highest BCUT2D eigenvalue weighted by atomic mass is 16.5. The molecule has 3 aromatic rings. The summed E-state index contributed by atoms with van der Waals surface area (Å²) in [5, 5.41) is 2.70. The number of hydrogen-bond donors (Lipinski definition) is 1. The van der Waals surface area contributed by atoms with Crippen molar-refractivity contribution in [2.45, 2.75) is 6.42 Å². The molecule has 36 heavy (non-hydrogen) atoms. The van der Waals surface area contributed by atoms with Gasteiger partial charge in [-0.1, -0.05) is 31.4 Å². The lowest BCUT2D eigenvalue weighted by molar-refractivity contribution is -0.131. The van der Waals surface area contributed by atoms with E-state index >= 15 is 0 Å². The zero-order chi connectivity index (χ0) is 25.6. The van der Waals surface area contributed by atoms with Crippen LogP contribution in [0.25, 0.3) is 27.7 Å². The van der Waals surface area contributed by atoms with Gasteiger partial charge >= 0.3 is 0 Å². The van der Waals surface area contributed by atoms with Crippen molar-refractivity contribution in [2.24, 2.45) is 0 Å². The standard InChI is InChI=1S/C26H23N5O5/c1-15(25(34)30-10-5-11-30)28-24(33)16(2)31-14-27-23-18(6-4-7-19(23)26(31)35)17-8-9-21-20(12-17)29(3)22(32)13-36-21/h4,6-9,12,14H,1-2,5,10-11,13H2,3H3,(H,28,33). The van der Waals surface area contributed by atoms with Gasteiger partial charge in [0.15, 0.2) is 6.61 Å². The van der Waals surface area contributed by atoms with Crippen molar-refractivity contribution < 1.29 is 19.1 Å². The predicted molar refractivity (Wildman–Crippen MR) is 134 cm³/mol. The predicted octanol–water partition coefficient (Wildman–Crippen LogP) is 1.75. The second kappa shape index (κ2) is 8.81. The van der Waals surface area contributed by atoms with Crippen molar-refractivity contribution in [3.63, 3.8) is 0 Å². The highest BCUT2D eigenvalue weighted by Gasteiger charge is 2.25. The molecule has 0 atom stereocenters. The summed E-state index contributed by atoms with van der Waals surface area (Å²) in [6.07, 6.45) is 2.14. The number of ether oxygens (including phenoxy) is 1. The van der Waals surface area contributed by atoms with E-state index in [-0.39, 0.29) is 35.2 Å². The van der Waals surface area contributed by atoms with E-state index in [2.05, 4.69) is 23.5 Å². The van der Waals surface area contributed by atoms with Gasteiger partial charge in [0.2, 0.25) is 0 Å². The Balaban J connectivity index is 1.46. The third kappa shape index (κ3) is 3.82. The lowest BCUT2D eigenvalue weighted by Crippen LogP contribution is -2.45. The molecule has 1 N–H and O–H groups in total. The van der Waals surface area contributed by atoms with Crippen LogP contribution in [-0.4, -0.2) is 58.9 Å². The Morgan fingerprint density at radius 1 is 1.11 bits per heavy atom. The van der Waals surface area contributed by atoms with E-state index in [1.54, 1.807) is 30.1 Å². The van der Waals surface area contributed by atoms with E-state index in [9.17, 15) is 19.2 Å². The smallest absolute Gasteiger partial charge is 0.272 e. The number of nitrogens with zero attached hydrogens (tertiary/aromatic N) is 4. The maximum absolute atomic E-state index is 13.3. The molecular formula is C26H23N5O5. The lowest BCUT2D eigenvalue weighted by Gasteiger charge is -2.31. The summed E-state index contributed by atoms with van der Waals surface area (Å²) in [4.78, 5) is 57.8. The average molecular weight is 486 g/mol. The molecule has 182 valence electrons. The molecule has 0 aliphatic carbocycles. The van der Waals surface area contributed by atoms with E-state index in [4.69, 9.17) is 4.74 Å². The number of nitrogens with one attached hydrogen (secondary N) is 1. The van der Waals surface area contributed by atoms with Gasteiger partial charge in [0.25, 0.3) is 23.3 Å². The Bertz CT molecular complexity index is 1540. The van der Waals surface area contributed by atoms with Crippen LogP contribution in [0.15, 0.2) is 66.4 Å². The Hall–Kier alpha value is -4.73. The maximum Gasteiger partial charge on any atom is 0.272 e. The van der Waals surface area contributed by atoms with E-state index < -0.39 is 11.5 Å². The summed E-state index contributed by atoms with van der Waals surface area (Å²) < 4.78 is 6.53. The molecule has 10 nitrogen and oxygen atoms in total. The number of rotatable bonds is 5. The fourth-order valence-corrected chi connectivity index (χ4v) is 4.10. The van der Waals surface area contributed by atoms with E-state index in [1.807, 2.05) is 18.2 Å². The molecule has 0 saturated carbocycles. The number of carbonyl (C=O) groups is 3. The first-order chi connectivity index (χ1) is 17.3. The van der Waals surface area contributed by atoms with Crippen LogP contribution < -0.4 is 20.5 Å². The van der Waals surface area contributed by atoms with Crippen LogP contribution in [-0.2, 0) is 14.4 Å². The topological polar surface area (TPSA) is 114 Å². The number of carbonyl (C=O) groups excluding carboxylic acids is 3. The van der Waals surface area contributed by atoms with Crippen LogP contribution in [0, 0.1) is 0 Å². The Morgan fingerprint density at radius 2 is 1.89 bits per heavy atom. The van der Waals surface area contributed by atoms with Crippen LogP contribution >= 0.6 is 0 Å². The van der Waals surface area contributed by atoms with Crippen molar-refractivity contribution in [1.29, 1.82) is 0 Å². The molecule has 0 radical (unpaired) electrons. The van der Waals surface area contributed by atoms with Gasteiger partial charge in [-0.05, 0) is 30.2 Å². The Kier molecular flexibility index (Phi) is 5.63. The summed E-state index contributed by atoms with van der Waals surface area (Å²) in [5.41, 5.74) is 1.70. The highest BCUT2D eigenvalue weighted by Crippen LogP contribution is 2.36. The van der Waals surface area contributed by atoms with Crippen LogP contribution in [0.1, 0.15) is 6.42 Å². The quantitative estimate of drug-likeness (QED) is 0.551. The first-order valence-corrected chi connectivity index (χ1v) is 11.3. The molecule has 0 spiro atoms. The zero-order valence-electron chi connectivity index (χ0n) is 19.6. The van der Waals surface area contributed by atoms with Crippen molar-refractivity contribution in [1.82, 2.24) is 19.8 Å². The van der Waals surface area contributed by atoms with Crippen molar-refractivity contribution >= 4 is 40.0 Å². The van der Waals surface area contributed by atoms with Gasteiger partial charge in [0.05, 0.1) is 22.3 Å². The van der Waals surface area contributed by atoms with E-state index in [0.717, 1.165) is 16.6 Å². The molecule has 3 heterocycles. The van der Waals surface area contributed by atoms with Gasteiger partial charge < -0.3 is 19.9 Å². The second-order valence-corrected chi connectivity index (χ2v) is 8.57. The van der Waals surface area contributed by atoms with Gasteiger partial charge in [-0.3, -0.25) is 23.7 Å². The number of likely N-dealkylation sites (tertiary alicyclic amines) is 1. The molecule has 0 unspecified atom stereocenters. The van der Waals surface area contributed by atoms with E-state index in [0.29, 0.717) is 35.6 Å². The zero-order valence-corrected chi connectivity index (χ0v) is 19.6. The van der Waals surface area contributed by atoms with Crippen LogP contribution in [0.2, 0.25) is 0 Å². The molecule has 2 aromatic carbocycles. The van der Waals surface area contributed by atoms with Crippen molar-refractivity contribution in [3.8, 4) is 16.9 Å². The van der Waals surface area contributed by atoms with Gasteiger partial charge in [-0.25, -0.2) is 4.98 Å². The summed E-state index contributed by atoms with van der Waals surface area (Å²) in [6.45, 7) is 8.57. The van der Waals surface area contributed by atoms with Gasteiger partial charge in [0.1, 0.15) is 17.8 Å². The minimum atomic E-state index is -0.726. The third-order valence-electron chi connectivity index (χ3n) is 6.36. The molecule has 10 heteroatoms. The molecule has 2 aliphatic heterocycles. The van der Waals surface area contributed by atoms with Gasteiger partial charge in [0, 0.05) is 25.7 Å². The third-order valence-corrected chi connectivity index (χ3v) is 6.36.